The highest BCUT2D eigenvalue weighted by molar-refractivity contribution is 8.02. The van der Waals surface area contributed by atoms with Crippen LogP contribution in [0.4, 0.5) is 16.5 Å². The SMILES string of the molecule is CC(=O)c1ccccc1NC(=O)[C@@H](C)Sc1nnc(Nc2cccc(C)c2)s1. The number of hydrogen-bond acceptors (Lipinski definition) is 7. The maximum Gasteiger partial charge on any atom is 0.237 e. The standard InChI is InChI=1S/C20H20N4O2S2/c1-12-7-6-8-15(11-12)21-19-23-24-20(28-19)27-14(3)18(26)22-17-10-5-4-9-16(17)13(2)25/h4-11,14H,1-3H3,(H,21,23)(H,22,26)/t14-/m1/s1. The number of nitrogens with zero attached hydrogens (tertiary/aromatic N) is 2. The Labute approximate surface area is 171 Å². The fraction of sp³-hybridized carbons (Fsp3) is 0.200. The molecule has 0 aliphatic heterocycles. The average Bonchev–Trinajstić information content (AvgIpc) is 3.08. The molecule has 0 spiro atoms. The number of rotatable bonds is 7. The lowest BCUT2D eigenvalue weighted by Gasteiger charge is -2.12. The second kappa shape index (κ2) is 8.99. The Kier molecular flexibility index (Phi) is 6.43. The molecule has 1 atom stereocenters. The number of anilines is 3. The molecule has 0 radical (unpaired) electrons. The Bertz CT molecular complexity index is 1000. The molecule has 1 aromatic heterocycles. The number of hydrogen-bond donors (Lipinski definition) is 2. The van der Waals surface area contributed by atoms with E-state index in [0.717, 1.165) is 11.3 Å². The third-order valence-electron chi connectivity index (χ3n) is 3.89. The molecule has 144 valence electrons. The molecule has 0 saturated heterocycles. The minimum absolute atomic E-state index is 0.0906. The molecular weight excluding hydrogens is 392 g/mol. The van der Waals surface area contributed by atoms with Crippen molar-refractivity contribution in [3.05, 3.63) is 59.7 Å². The highest BCUT2D eigenvalue weighted by Crippen LogP contribution is 2.31. The normalized spacial score (nSPS) is 11.7. The quantitative estimate of drug-likeness (QED) is 0.424. The van der Waals surface area contributed by atoms with Gasteiger partial charge in [-0.3, -0.25) is 9.59 Å². The van der Waals surface area contributed by atoms with Gasteiger partial charge in [0, 0.05) is 11.3 Å². The number of carbonyl (C=O) groups excluding carboxylic acids is 2. The molecule has 0 unspecified atom stereocenters. The highest BCUT2D eigenvalue weighted by atomic mass is 32.2. The number of aromatic nitrogens is 2. The van der Waals surface area contributed by atoms with Crippen LogP contribution < -0.4 is 10.6 Å². The molecule has 0 aliphatic carbocycles. The molecule has 3 aromatic rings. The second-order valence-electron chi connectivity index (χ2n) is 6.22. The molecule has 2 aromatic carbocycles. The molecule has 2 N–H and O–H groups in total. The van der Waals surface area contributed by atoms with E-state index in [1.54, 1.807) is 31.2 Å². The van der Waals surface area contributed by atoms with Crippen molar-refractivity contribution in [3.8, 4) is 0 Å². The topological polar surface area (TPSA) is 84.0 Å². The van der Waals surface area contributed by atoms with Crippen LogP contribution in [0.25, 0.3) is 0 Å². The maximum absolute atomic E-state index is 12.5. The predicted molar refractivity (Wildman–Crippen MR) is 115 cm³/mol. The van der Waals surface area contributed by atoms with Crippen molar-refractivity contribution in [3.63, 3.8) is 0 Å². The number of ketones is 1. The summed E-state index contributed by atoms with van der Waals surface area (Å²) in [4.78, 5) is 24.2. The van der Waals surface area contributed by atoms with Crippen molar-refractivity contribution in [2.24, 2.45) is 0 Å². The molecule has 8 heteroatoms. The maximum atomic E-state index is 12.5. The van der Waals surface area contributed by atoms with Crippen LogP contribution in [0.3, 0.4) is 0 Å². The molecule has 6 nitrogen and oxygen atoms in total. The number of aryl methyl sites for hydroxylation is 1. The fourth-order valence-electron chi connectivity index (χ4n) is 2.49. The first-order valence-corrected chi connectivity index (χ1v) is 10.4. The molecule has 1 heterocycles. The lowest BCUT2D eigenvalue weighted by atomic mass is 10.1. The van der Waals surface area contributed by atoms with Crippen molar-refractivity contribution >= 4 is 51.3 Å². The second-order valence-corrected chi connectivity index (χ2v) is 8.78. The van der Waals surface area contributed by atoms with E-state index in [9.17, 15) is 9.59 Å². The van der Waals surface area contributed by atoms with Crippen LogP contribution in [0, 0.1) is 6.92 Å². The molecule has 1 amide bonds. The van der Waals surface area contributed by atoms with Crippen LogP contribution in [-0.4, -0.2) is 27.1 Å². The zero-order valence-corrected chi connectivity index (χ0v) is 17.4. The van der Waals surface area contributed by atoms with Crippen LogP contribution in [0.2, 0.25) is 0 Å². The minimum atomic E-state index is -0.389. The van der Waals surface area contributed by atoms with Crippen molar-refractivity contribution in [2.75, 3.05) is 10.6 Å². The summed E-state index contributed by atoms with van der Waals surface area (Å²) in [7, 11) is 0. The van der Waals surface area contributed by atoms with Crippen molar-refractivity contribution in [2.45, 2.75) is 30.4 Å². The van der Waals surface area contributed by atoms with Crippen LogP contribution >= 0.6 is 23.1 Å². The predicted octanol–water partition coefficient (Wildman–Crippen LogP) is 4.91. The van der Waals surface area contributed by atoms with Crippen LogP contribution in [0.15, 0.2) is 52.9 Å². The van der Waals surface area contributed by atoms with E-state index in [-0.39, 0.29) is 16.9 Å². The first kappa shape index (κ1) is 20.0. The summed E-state index contributed by atoms with van der Waals surface area (Å²) in [5.41, 5.74) is 3.11. The zero-order chi connectivity index (χ0) is 20.1. The largest absolute Gasteiger partial charge is 0.330 e. The van der Waals surface area contributed by atoms with Gasteiger partial charge in [-0.05, 0) is 50.6 Å². The van der Waals surface area contributed by atoms with Crippen LogP contribution in [-0.2, 0) is 4.79 Å². The van der Waals surface area contributed by atoms with Gasteiger partial charge < -0.3 is 10.6 Å². The number of benzene rings is 2. The van der Waals surface area contributed by atoms with Gasteiger partial charge in [-0.15, -0.1) is 10.2 Å². The molecule has 0 aliphatic rings. The summed E-state index contributed by atoms with van der Waals surface area (Å²) in [5, 5.41) is 14.6. The average molecular weight is 413 g/mol. The van der Waals surface area contributed by atoms with E-state index < -0.39 is 0 Å². The number of para-hydroxylation sites is 1. The molecule has 0 saturated carbocycles. The molecule has 0 bridgehead atoms. The Morgan fingerprint density at radius 2 is 1.89 bits per heavy atom. The van der Waals surface area contributed by atoms with Crippen LogP contribution in [0.1, 0.15) is 29.8 Å². The zero-order valence-electron chi connectivity index (χ0n) is 15.7. The summed E-state index contributed by atoms with van der Waals surface area (Å²) >= 11 is 2.72. The van der Waals surface area contributed by atoms with Gasteiger partial charge in [-0.2, -0.15) is 0 Å². The van der Waals surface area contributed by atoms with E-state index >= 15 is 0 Å². The molecule has 3 rings (SSSR count). The monoisotopic (exact) mass is 412 g/mol. The van der Waals surface area contributed by atoms with Gasteiger partial charge in [0.15, 0.2) is 10.1 Å². The van der Waals surface area contributed by atoms with E-state index in [1.165, 1.54) is 30.0 Å². The smallest absolute Gasteiger partial charge is 0.237 e. The van der Waals surface area contributed by atoms with Gasteiger partial charge in [0.25, 0.3) is 0 Å². The van der Waals surface area contributed by atoms with Crippen molar-refractivity contribution in [1.82, 2.24) is 10.2 Å². The third-order valence-corrected chi connectivity index (χ3v) is 5.91. The minimum Gasteiger partial charge on any atom is -0.330 e. The Morgan fingerprint density at radius 1 is 1.11 bits per heavy atom. The molecule has 28 heavy (non-hydrogen) atoms. The fourth-order valence-corrected chi connectivity index (χ4v) is 4.41. The highest BCUT2D eigenvalue weighted by Gasteiger charge is 2.19. The van der Waals surface area contributed by atoms with Crippen molar-refractivity contribution < 1.29 is 9.59 Å². The Morgan fingerprint density at radius 3 is 2.64 bits per heavy atom. The summed E-state index contributed by atoms with van der Waals surface area (Å²) < 4.78 is 0.692. The summed E-state index contributed by atoms with van der Waals surface area (Å²) in [6.45, 7) is 5.30. The van der Waals surface area contributed by atoms with Gasteiger partial charge in [-0.25, -0.2) is 0 Å². The lowest BCUT2D eigenvalue weighted by molar-refractivity contribution is -0.115. The van der Waals surface area contributed by atoms with Gasteiger partial charge in [0.1, 0.15) is 0 Å². The Hall–Kier alpha value is -2.71. The van der Waals surface area contributed by atoms with Crippen molar-refractivity contribution in [1.29, 1.82) is 0 Å². The lowest BCUT2D eigenvalue weighted by Crippen LogP contribution is -2.23. The van der Waals surface area contributed by atoms with E-state index in [1.807, 2.05) is 31.2 Å². The van der Waals surface area contributed by atoms with Gasteiger partial charge in [-0.1, -0.05) is 47.4 Å². The van der Waals surface area contributed by atoms with E-state index in [0.29, 0.717) is 20.7 Å². The summed E-state index contributed by atoms with van der Waals surface area (Å²) in [6.07, 6.45) is 0. The number of carbonyl (C=O) groups is 2. The van der Waals surface area contributed by atoms with Gasteiger partial charge in [0.05, 0.1) is 10.9 Å². The number of Topliss-reactive ketones (excluding diaryl/α,β-unsaturated/α-hetero) is 1. The third kappa shape index (κ3) is 5.17. The van der Waals surface area contributed by atoms with E-state index in [4.69, 9.17) is 0 Å². The van der Waals surface area contributed by atoms with E-state index in [2.05, 4.69) is 20.8 Å². The molecule has 0 fully saturated rings. The number of nitrogens with one attached hydrogen (secondary N) is 2. The van der Waals surface area contributed by atoms with Gasteiger partial charge >= 0.3 is 0 Å². The molecular formula is C20H20N4O2S2. The first-order valence-electron chi connectivity index (χ1n) is 8.67. The van der Waals surface area contributed by atoms with Gasteiger partial charge in [0.2, 0.25) is 11.0 Å². The number of thioether (sulfide) groups is 1. The summed E-state index contributed by atoms with van der Waals surface area (Å²) in [5.74, 6) is -0.283. The van der Waals surface area contributed by atoms with Crippen LogP contribution in [0.5, 0.6) is 0 Å². The Balaban J connectivity index is 1.62. The first-order chi connectivity index (χ1) is 13.4. The summed E-state index contributed by atoms with van der Waals surface area (Å²) in [6, 6.07) is 15.0. The number of amides is 1.